The molecule has 1 aromatic rings. The van der Waals surface area contributed by atoms with Crippen LogP contribution in [0, 0.1) is 11.6 Å². The lowest BCUT2D eigenvalue weighted by molar-refractivity contribution is 0.564. The zero-order chi connectivity index (χ0) is 9.97. The molecule has 0 aromatic heterocycles. The van der Waals surface area contributed by atoms with Crippen LogP contribution in [0.15, 0.2) is 18.2 Å². The molecule has 1 aliphatic rings. The van der Waals surface area contributed by atoms with Crippen molar-refractivity contribution in [1.29, 1.82) is 0 Å². The highest BCUT2D eigenvalue weighted by atomic mass is 32.2. The molecule has 1 nitrogen and oxygen atoms in total. The predicted octanol–water partition coefficient (Wildman–Crippen LogP) is 2.34. The Hall–Kier alpha value is -0.610. The van der Waals surface area contributed by atoms with Crippen LogP contribution in [-0.4, -0.2) is 18.8 Å². The van der Waals surface area contributed by atoms with Gasteiger partial charge in [-0.15, -0.1) is 0 Å². The van der Waals surface area contributed by atoms with Gasteiger partial charge in [-0.1, -0.05) is 6.07 Å². The van der Waals surface area contributed by atoms with Crippen LogP contribution in [0.2, 0.25) is 0 Å². The molecule has 1 heterocycles. The summed E-state index contributed by atoms with van der Waals surface area (Å²) in [5.41, 5.74) is 0.601. The van der Waals surface area contributed by atoms with Gasteiger partial charge in [0.1, 0.15) is 11.6 Å². The van der Waals surface area contributed by atoms with Crippen LogP contribution in [0.1, 0.15) is 10.8 Å². The number of nitrogens with one attached hydrogen (secondary N) is 1. The van der Waals surface area contributed by atoms with Gasteiger partial charge in [0.05, 0.1) is 0 Å². The molecule has 1 N–H and O–H groups in total. The maximum atomic E-state index is 13.4. The summed E-state index contributed by atoms with van der Waals surface area (Å²) in [4.78, 5) is 0. The highest BCUT2D eigenvalue weighted by Gasteiger charge is 2.18. The van der Waals surface area contributed by atoms with E-state index in [1.54, 1.807) is 11.8 Å². The van der Waals surface area contributed by atoms with E-state index in [0.717, 1.165) is 24.9 Å². The first kappa shape index (κ1) is 9.93. The molecule has 1 atom stereocenters. The third kappa shape index (κ3) is 2.07. The van der Waals surface area contributed by atoms with Crippen LogP contribution in [0.25, 0.3) is 0 Å². The molecule has 1 saturated heterocycles. The number of hydrogen-bond acceptors (Lipinski definition) is 2. The van der Waals surface area contributed by atoms with E-state index < -0.39 is 11.6 Å². The SMILES string of the molecule is Fc1ccc(C2CNCCS2)c(F)c1. The van der Waals surface area contributed by atoms with Crippen LogP contribution in [0.4, 0.5) is 8.78 Å². The Morgan fingerprint density at radius 2 is 2.21 bits per heavy atom. The van der Waals surface area contributed by atoms with Gasteiger partial charge in [-0.3, -0.25) is 0 Å². The van der Waals surface area contributed by atoms with Crippen molar-refractivity contribution in [2.45, 2.75) is 5.25 Å². The van der Waals surface area contributed by atoms with Gasteiger partial charge in [-0.05, 0) is 6.07 Å². The molecule has 1 unspecified atom stereocenters. The Balaban J connectivity index is 2.22. The van der Waals surface area contributed by atoms with Crippen molar-refractivity contribution >= 4 is 11.8 Å². The number of benzene rings is 1. The maximum Gasteiger partial charge on any atom is 0.130 e. The van der Waals surface area contributed by atoms with Crippen LogP contribution >= 0.6 is 11.8 Å². The Kier molecular flexibility index (Phi) is 3.03. The molecule has 1 fully saturated rings. The lowest BCUT2D eigenvalue weighted by Gasteiger charge is -2.22. The molecule has 0 bridgehead atoms. The van der Waals surface area contributed by atoms with Crippen molar-refractivity contribution < 1.29 is 8.78 Å². The molecular formula is C10H11F2NS. The first-order chi connectivity index (χ1) is 6.77. The summed E-state index contributed by atoms with van der Waals surface area (Å²) >= 11 is 1.71. The average Bonchev–Trinajstić information content (AvgIpc) is 2.19. The molecule has 0 radical (unpaired) electrons. The molecule has 4 heteroatoms. The molecule has 76 valence electrons. The van der Waals surface area contributed by atoms with Crippen molar-refractivity contribution in [2.24, 2.45) is 0 Å². The third-order valence-electron chi connectivity index (χ3n) is 2.24. The Morgan fingerprint density at radius 3 is 2.86 bits per heavy atom. The van der Waals surface area contributed by atoms with Gasteiger partial charge < -0.3 is 5.32 Å². The Labute approximate surface area is 85.9 Å². The van der Waals surface area contributed by atoms with Gasteiger partial charge in [0.2, 0.25) is 0 Å². The Bertz CT molecular complexity index is 324. The van der Waals surface area contributed by atoms with E-state index in [4.69, 9.17) is 0 Å². The van der Waals surface area contributed by atoms with Crippen molar-refractivity contribution in [2.75, 3.05) is 18.8 Å². The molecule has 1 aliphatic heterocycles. The van der Waals surface area contributed by atoms with Gasteiger partial charge in [0, 0.05) is 35.7 Å². The summed E-state index contributed by atoms with van der Waals surface area (Å²) in [6, 6.07) is 3.80. The van der Waals surface area contributed by atoms with Gasteiger partial charge in [0.15, 0.2) is 0 Å². The van der Waals surface area contributed by atoms with Gasteiger partial charge in [-0.25, -0.2) is 8.78 Å². The summed E-state index contributed by atoms with van der Waals surface area (Å²) in [6.45, 7) is 1.72. The quantitative estimate of drug-likeness (QED) is 0.771. The second-order valence-corrected chi connectivity index (χ2v) is 4.54. The van der Waals surface area contributed by atoms with Gasteiger partial charge >= 0.3 is 0 Å². The second kappa shape index (κ2) is 4.28. The van der Waals surface area contributed by atoms with E-state index >= 15 is 0 Å². The van der Waals surface area contributed by atoms with E-state index in [-0.39, 0.29) is 5.25 Å². The number of rotatable bonds is 1. The first-order valence-electron chi connectivity index (χ1n) is 4.54. The lowest BCUT2D eigenvalue weighted by atomic mass is 10.1. The molecule has 2 rings (SSSR count). The second-order valence-electron chi connectivity index (χ2n) is 3.23. The minimum absolute atomic E-state index is 0.115. The summed E-state index contributed by atoms with van der Waals surface area (Å²) < 4.78 is 26.0. The number of thioether (sulfide) groups is 1. The van der Waals surface area contributed by atoms with Crippen molar-refractivity contribution in [3.8, 4) is 0 Å². The minimum atomic E-state index is -0.514. The van der Waals surface area contributed by atoms with Gasteiger partial charge in [0.25, 0.3) is 0 Å². The predicted molar refractivity (Wildman–Crippen MR) is 54.4 cm³/mol. The lowest BCUT2D eigenvalue weighted by Crippen LogP contribution is -2.28. The maximum absolute atomic E-state index is 13.4. The summed E-state index contributed by atoms with van der Waals surface area (Å²) in [7, 11) is 0. The fraction of sp³-hybridized carbons (Fsp3) is 0.400. The minimum Gasteiger partial charge on any atom is -0.314 e. The highest BCUT2D eigenvalue weighted by molar-refractivity contribution is 7.99. The fourth-order valence-corrected chi connectivity index (χ4v) is 2.68. The molecule has 0 saturated carbocycles. The molecular weight excluding hydrogens is 204 g/mol. The topological polar surface area (TPSA) is 12.0 Å². The summed E-state index contributed by atoms with van der Waals surface area (Å²) in [5.74, 6) is 0.0211. The number of hydrogen-bond donors (Lipinski definition) is 1. The zero-order valence-corrected chi connectivity index (χ0v) is 8.41. The molecule has 1 aromatic carbocycles. The standard InChI is InChI=1S/C10H11F2NS/c11-7-1-2-8(9(12)5-7)10-6-13-3-4-14-10/h1-2,5,10,13H,3-4,6H2. The largest absolute Gasteiger partial charge is 0.314 e. The van der Waals surface area contributed by atoms with Crippen LogP contribution in [0.5, 0.6) is 0 Å². The molecule has 0 amide bonds. The fourth-order valence-electron chi connectivity index (χ4n) is 1.53. The van der Waals surface area contributed by atoms with E-state index in [1.165, 1.54) is 12.1 Å². The van der Waals surface area contributed by atoms with E-state index in [9.17, 15) is 8.78 Å². The van der Waals surface area contributed by atoms with Gasteiger partial charge in [-0.2, -0.15) is 11.8 Å². The van der Waals surface area contributed by atoms with E-state index in [1.807, 2.05) is 0 Å². The smallest absolute Gasteiger partial charge is 0.130 e. The van der Waals surface area contributed by atoms with Crippen molar-refractivity contribution in [3.05, 3.63) is 35.4 Å². The van der Waals surface area contributed by atoms with Crippen molar-refractivity contribution in [1.82, 2.24) is 5.32 Å². The highest BCUT2D eigenvalue weighted by Crippen LogP contribution is 2.31. The summed E-state index contributed by atoms with van der Waals surface area (Å²) in [5, 5.41) is 3.31. The van der Waals surface area contributed by atoms with Crippen LogP contribution < -0.4 is 5.32 Å². The summed E-state index contributed by atoms with van der Waals surface area (Å²) in [6.07, 6.45) is 0. The number of halogens is 2. The van der Waals surface area contributed by atoms with E-state index in [0.29, 0.717) is 5.56 Å². The normalized spacial score (nSPS) is 22.3. The molecule has 0 spiro atoms. The average molecular weight is 215 g/mol. The Morgan fingerprint density at radius 1 is 1.36 bits per heavy atom. The third-order valence-corrected chi connectivity index (χ3v) is 3.50. The van der Waals surface area contributed by atoms with Crippen LogP contribution in [0.3, 0.4) is 0 Å². The van der Waals surface area contributed by atoms with Crippen molar-refractivity contribution in [3.63, 3.8) is 0 Å². The monoisotopic (exact) mass is 215 g/mol. The molecule has 0 aliphatic carbocycles. The first-order valence-corrected chi connectivity index (χ1v) is 5.59. The zero-order valence-electron chi connectivity index (χ0n) is 7.59. The molecule has 14 heavy (non-hydrogen) atoms. The van der Waals surface area contributed by atoms with E-state index in [2.05, 4.69) is 5.32 Å². The van der Waals surface area contributed by atoms with Crippen LogP contribution in [-0.2, 0) is 0 Å².